The fourth-order valence-electron chi connectivity index (χ4n) is 2.82. The average molecular weight is 277 g/mol. The second-order valence-corrected chi connectivity index (χ2v) is 5.54. The summed E-state index contributed by atoms with van der Waals surface area (Å²) >= 11 is 0. The molecule has 1 aliphatic carbocycles. The molecule has 2 rings (SSSR count). The minimum Gasteiger partial charge on any atom is -0.379 e. The summed E-state index contributed by atoms with van der Waals surface area (Å²) < 4.78 is 0. The maximum absolute atomic E-state index is 11.4. The molecule has 2 N–H and O–H groups in total. The van der Waals surface area contributed by atoms with Crippen molar-refractivity contribution in [1.82, 2.24) is 0 Å². The lowest BCUT2D eigenvalue weighted by molar-refractivity contribution is -0.383. The van der Waals surface area contributed by atoms with Crippen molar-refractivity contribution >= 4 is 17.1 Å². The summed E-state index contributed by atoms with van der Waals surface area (Å²) in [6.07, 6.45) is 4.42. The number of nitro groups is 1. The van der Waals surface area contributed by atoms with Crippen LogP contribution in [0.1, 0.15) is 39.5 Å². The Balaban J connectivity index is 2.24. The maximum atomic E-state index is 11.4. The van der Waals surface area contributed by atoms with Gasteiger partial charge in [-0.05, 0) is 37.3 Å². The fourth-order valence-corrected chi connectivity index (χ4v) is 2.82. The van der Waals surface area contributed by atoms with Crippen LogP contribution in [-0.4, -0.2) is 17.5 Å². The van der Waals surface area contributed by atoms with Gasteiger partial charge in [-0.1, -0.05) is 26.3 Å². The van der Waals surface area contributed by atoms with Crippen LogP contribution in [0, 0.1) is 16.0 Å². The number of anilines is 2. The van der Waals surface area contributed by atoms with Crippen molar-refractivity contribution in [2.45, 2.75) is 45.6 Å². The Morgan fingerprint density at radius 2 is 2.10 bits per heavy atom. The summed E-state index contributed by atoms with van der Waals surface area (Å²) in [5, 5.41) is 17.9. The number of para-hydroxylation sites is 1. The number of rotatable bonds is 6. The van der Waals surface area contributed by atoms with E-state index >= 15 is 0 Å². The molecule has 0 aromatic heterocycles. The van der Waals surface area contributed by atoms with Gasteiger partial charge in [0.25, 0.3) is 0 Å². The second-order valence-electron chi connectivity index (χ2n) is 5.54. The first-order chi connectivity index (χ1) is 9.63. The Hall–Kier alpha value is -1.78. The Bertz CT molecular complexity index is 476. The van der Waals surface area contributed by atoms with Crippen LogP contribution in [0.5, 0.6) is 0 Å². The van der Waals surface area contributed by atoms with Gasteiger partial charge in [-0.15, -0.1) is 0 Å². The zero-order chi connectivity index (χ0) is 14.5. The topological polar surface area (TPSA) is 67.2 Å². The van der Waals surface area contributed by atoms with E-state index in [0.29, 0.717) is 23.3 Å². The quantitative estimate of drug-likeness (QED) is 0.609. The lowest BCUT2D eigenvalue weighted by Crippen LogP contribution is -2.22. The van der Waals surface area contributed by atoms with Crippen molar-refractivity contribution in [3.05, 3.63) is 28.3 Å². The summed E-state index contributed by atoms with van der Waals surface area (Å²) in [4.78, 5) is 11.1. The van der Waals surface area contributed by atoms with Gasteiger partial charge in [0.15, 0.2) is 0 Å². The molecule has 1 saturated carbocycles. The zero-order valence-corrected chi connectivity index (χ0v) is 12.2. The molecular formula is C15H23N3O2. The Labute approximate surface area is 119 Å². The highest BCUT2D eigenvalue weighted by Gasteiger charge is 2.27. The Kier molecular flexibility index (Phi) is 4.82. The highest BCUT2D eigenvalue weighted by atomic mass is 16.6. The minimum atomic E-state index is -0.292. The second kappa shape index (κ2) is 6.59. The van der Waals surface area contributed by atoms with Crippen molar-refractivity contribution in [3.8, 4) is 0 Å². The number of nitro benzene ring substituents is 1. The van der Waals surface area contributed by atoms with E-state index in [1.165, 1.54) is 12.8 Å². The first-order valence-electron chi connectivity index (χ1n) is 7.41. The smallest absolute Gasteiger partial charge is 0.315 e. The summed E-state index contributed by atoms with van der Waals surface area (Å²) in [6.45, 7) is 4.99. The fraction of sp³-hybridized carbons (Fsp3) is 0.600. The van der Waals surface area contributed by atoms with Crippen LogP contribution >= 0.6 is 0 Å². The van der Waals surface area contributed by atoms with Gasteiger partial charge in [0.1, 0.15) is 11.4 Å². The van der Waals surface area contributed by atoms with Crippen molar-refractivity contribution in [3.63, 3.8) is 0 Å². The third kappa shape index (κ3) is 3.21. The van der Waals surface area contributed by atoms with E-state index in [1.807, 2.05) is 13.0 Å². The average Bonchev–Trinajstić information content (AvgIpc) is 2.81. The van der Waals surface area contributed by atoms with Crippen LogP contribution in [0.25, 0.3) is 0 Å². The molecule has 0 heterocycles. The molecule has 0 saturated heterocycles. The number of benzene rings is 1. The SMILES string of the molecule is CCCNc1cccc(NC2CCCC2C)c1[N+](=O)[O-]. The predicted molar refractivity (Wildman–Crippen MR) is 82.3 cm³/mol. The molecule has 5 nitrogen and oxygen atoms in total. The van der Waals surface area contributed by atoms with Crippen molar-refractivity contribution in [2.24, 2.45) is 5.92 Å². The molecule has 5 heteroatoms. The van der Waals surface area contributed by atoms with E-state index in [2.05, 4.69) is 17.6 Å². The third-order valence-electron chi connectivity index (χ3n) is 3.99. The molecule has 0 bridgehead atoms. The van der Waals surface area contributed by atoms with Crippen LogP contribution in [0.15, 0.2) is 18.2 Å². The first kappa shape index (κ1) is 14.6. The van der Waals surface area contributed by atoms with Gasteiger partial charge in [-0.25, -0.2) is 0 Å². The maximum Gasteiger partial charge on any atom is 0.315 e. The molecule has 1 aromatic rings. The standard InChI is InChI=1S/C15H23N3O2/c1-3-10-16-13-8-5-9-14(15(13)18(19)20)17-12-7-4-6-11(12)2/h5,8-9,11-12,16-17H,3-4,6-7,10H2,1-2H3. The minimum absolute atomic E-state index is 0.167. The Morgan fingerprint density at radius 1 is 1.35 bits per heavy atom. The molecule has 20 heavy (non-hydrogen) atoms. The summed E-state index contributed by atoms with van der Waals surface area (Å²) in [5.74, 6) is 0.571. The van der Waals surface area contributed by atoms with Gasteiger partial charge < -0.3 is 10.6 Å². The predicted octanol–water partition coefficient (Wildman–Crippen LogP) is 4.02. The van der Waals surface area contributed by atoms with Gasteiger partial charge in [-0.2, -0.15) is 0 Å². The number of nitrogens with one attached hydrogen (secondary N) is 2. The summed E-state index contributed by atoms with van der Waals surface area (Å²) in [6, 6.07) is 5.79. The van der Waals surface area contributed by atoms with Gasteiger partial charge in [0.05, 0.1) is 4.92 Å². The zero-order valence-electron chi connectivity index (χ0n) is 12.2. The monoisotopic (exact) mass is 277 g/mol. The van der Waals surface area contributed by atoms with E-state index < -0.39 is 0 Å². The summed E-state index contributed by atoms with van der Waals surface area (Å²) in [5.41, 5.74) is 1.41. The van der Waals surface area contributed by atoms with Gasteiger partial charge in [0.2, 0.25) is 0 Å². The van der Waals surface area contributed by atoms with Crippen LogP contribution in [0.2, 0.25) is 0 Å². The molecule has 0 spiro atoms. The van der Waals surface area contributed by atoms with Crippen LogP contribution in [0.3, 0.4) is 0 Å². The van der Waals surface area contributed by atoms with E-state index in [-0.39, 0.29) is 10.6 Å². The van der Waals surface area contributed by atoms with Crippen molar-refractivity contribution < 1.29 is 4.92 Å². The number of nitrogens with zero attached hydrogens (tertiary/aromatic N) is 1. The van der Waals surface area contributed by atoms with Gasteiger partial charge >= 0.3 is 5.69 Å². The molecular weight excluding hydrogens is 254 g/mol. The summed E-state index contributed by atoms with van der Waals surface area (Å²) in [7, 11) is 0. The van der Waals surface area contributed by atoms with E-state index in [0.717, 1.165) is 19.4 Å². The van der Waals surface area contributed by atoms with E-state index in [4.69, 9.17) is 0 Å². The molecule has 1 aromatic carbocycles. The first-order valence-corrected chi connectivity index (χ1v) is 7.41. The van der Waals surface area contributed by atoms with E-state index in [1.54, 1.807) is 12.1 Å². The molecule has 2 atom stereocenters. The van der Waals surface area contributed by atoms with E-state index in [9.17, 15) is 10.1 Å². The van der Waals surface area contributed by atoms with Crippen LogP contribution in [0.4, 0.5) is 17.1 Å². The molecule has 0 aliphatic heterocycles. The molecule has 110 valence electrons. The highest BCUT2D eigenvalue weighted by Crippen LogP contribution is 2.36. The van der Waals surface area contributed by atoms with Crippen LogP contribution < -0.4 is 10.6 Å². The molecule has 0 amide bonds. The van der Waals surface area contributed by atoms with Crippen molar-refractivity contribution in [1.29, 1.82) is 0 Å². The van der Waals surface area contributed by atoms with Crippen LogP contribution in [-0.2, 0) is 0 Å². The molecule has 1 fully saturated rings. The largest absolute Gasteiger partial charge is 0.379 e. The number of hydrogen-bond donors (Lipinski definition) is 2. The lowest BCUT2D eigenvalue weighted by atomic mass is 10.1. The molecule has 2 unspecified atom stereocenters. The van der Waals surface area contributed by atoms with Crippen molar-refractivity contribution in [2.75, 3.05) is 17.2 Å². The molecule has 1 aliphatic rings. The third-order valence-corrected chi connectivity index (χ3v) is 3.99. The molecule has 0 radical (unpaired) electrons. The number of hydrogen-bond acceptors (Lipinski definition) is 4. The normalized spacial score (nSPS) is 21.7. The lowest BCUT2D eigenvalue weighted by Gasteiger charge is -2.19. The Morgan fingerprint density at radius 3 is 2.70 bits per heavy atom. The van der Waals surface area contributed by atoms with Gasteiger partial charge in [0, 0.05) is 12.6 Å². The van der Waals surface area contributed by atoms with Gasteiger partial charge in [-0.3, -0.25) is 10.1 Å². The highest BCUT2D eigenvalue weighted by molar-refractivity contribution is 5.76.